The van der Waals surface area contributed by atoms with Gasteiger partial charge in [-0.1, -0.05) is 6.07 Å². The van der Waals surface area contributed by atoms with Gasteiger partial charge in [0.2, 0.25) is 0 Å². The smallest absolute Gasteiger partial charge is 0.183 e. The quantitative estimate of drug-likeness (QED) is 0.721. The van der Waals surface area contributed by atoms with Gasteiger partial charge in [-0.25, -0.2) is 8.42 Å². The second kappa shape index (κ2) is 5.34. The fourth-order valence-corrected chi connectivity index (χ4v) is 6.28. The lowest BCUT2D eigenvalue weighted by Crippen LogP contribution is -2.25. The van der Waals surface area contributed by atoms with Crippen LogP contribution in [0.25, 0.3) is 11.1 Å². The predicted molar refractivity (Wildman–Crippen MR) is 91.8 cm³/mol. The monoisotopic (exact) mass is 355 g/mol. The number of likely N-dealkylation sites (tertiary alicyclic amines) is 1. The molecule has 4 heterocycles. The minimum Gasteiger partial charge on any atom is -0.472 e. The van der Waals surface area contributed by atoms with Gasteiger partial charge >= 0.3 is 0 Å². The van der Waals surface area contributed by atoms with Crippen molar-refractivity contribution in [2.75, 3.05) is 13.1 Å². The standard InChI is InChI=1S/C19H17NO4S/c21-25(22)18-4-3-13(14-5-7-23-12-14)8-16(18)17-10-20(11-19(17)25)9-15-2-1-6-24-15/h1-8,12,17,19H,9-11H2/t17-,19+/m0/s1. The summed E-state index contributed by atoms with van der Waals surface area (Å²) in [6, 6.07) is 11.3. The summed E-state index contributed by atoms with van der Waals surface area (Å²) in [5.41, 5.74) is 2.90. The van der Waals surface area contributed by atoms with Crippen molar-refractivity contribution in [1.82, 2.24) is 4.90 Å². The molecule has 2 atom stereocenters. The maximum Gasteiger partial charge on any atom is 0.183 e. The third-order valence-corrected chi connectivity index (χ3v) is 7.53. The molecule has 0 amide bonds. The molecule has 1 aromatic carbocycles. The molecule has 0 radical (unpaired) electrons. The van der Waals surface area contributed by atoms with Gasteiger partial charge in [-0.3, -0.25) is 4.90 Å². The Morgan fingerprint density at radius 3 is 2.76 bits per heavy atom. The zero-order valence-electron chi connectivity index (χ0n) is 13.5. The molecule has 128 valence electrons. The maximum absolute atomic E-state index is 12.9. The Hall–Kier alpha value is -2.31. The molecule has 0 aliphatic carbocycles. The second-order valence-corrected chi connectivity index (χ2v) is 8.86. The van der Waals surface area contributed by atoms with Gasteiger partial charge in [0.05, 0.1) is 35.5 Å². The first kappa shape index (κ1) is 15.0. The lowest BCUT2D eigenvalue weighted by molar-refractivity contribution is 0.293. The first-order valence-corrected chi connectivity index (χ1v) is 9.83. The first-order valence-electron chi connectivity index (χ1n) is 8.28. The molecule has 0 N–H and O–H groups in total. The van der Waals surface area contributed by atoms with Crippen molar-refractivity contribution >= 4 is 9.84 Å². The van der Waals surface area contributed by atoms with E-state index >= 15 is 0 Å². The SMILES string of the molecule is O=S1(=O)c2ccc(-c3ccoc3)cc2[C@@H]2CN(Cc3ccco3)C[C@H]21. The summed E-state index contributed by atoms with van der Waals surface area (Å²) < 4.78 is 36.4. The second-order valence-electron chi connectivity index (χ2n) is 6.73. The molecule has 5 nitrogen and oxygen atoms in total. The molecule has 2 aliphatic rings. The van der Waals surface area contributed by atoms with E-state index < -0.39 is 9.84 Å². The molecule has 5 rings (SSSR count). The van der Waals surface area contributed by atoms with Crippen LogP contribution in [-0.2, 0) is 16.4 Å². The summed E-state index contributed by atoms with van der Waals surface area (Å²) in [5, 5.41) is -0.364. The molecule has 1 saturated heterocycles. The number of hydrogen-bond acceptors (Lipinski definition) is 5. The normalized spacial score (nSPS) is 24.3. The van der Waals surface area contributed by atoms with Crippen molar-refractivity contribution in [3.05, 3.63) is 66.5 Å². The summed E-state index contributed by atoms with van der Waals surface area (Å²) in [4.78, 5) is 2.66. The van der Waals surface area contributed by atoms with Gasteiger partial charge in [-0.05, 0) is 41.5 Å². The number of sulfone groups is 1. The van der Waals surface area contributed by atoms with E-state index in [1.807, 2.05) is 30.3 Å². The van der Waals surface area contributed by atoms with Crippen LogP contribution in [0.5, 0.6) is 0 Å². The molecule has 0 unspecified atom stereocenters. The first-order chi connectivity index (χ1) is 12.1. The Labute approximate surface area is 145 Å². The van der Waals surface area contributed by atoms with Gasteiger partial charge in [0.25, 0.3) is 0 Å². The van der Waals surface area contributed by atoms with Gasteiger partial charge in [0.15, 0.2) is 9.84 Å². The van der Waals surface area contributed by atoms with Crippen LogP contribution in [0.4, 0.5) is 0 Å². The minimum absolute atomic E-state index is 0.0156. The highest BCUT2D eigenvalue weighted by molar-refractivity contribution is 7.92. The molecular formula is C19H17NO4S. The average molecular weight is 355 g/mol. The number of benzene rings is 1. The summed E-state index contributed by atoms with van der Waals surface area (Å²) in [5.74, 6) is 0.881. The van der Waals surface area contributed by atoms with Crippen LogP contribution in [-0.4, -0.2) is 31.7 Å². The molecule has 2 aliphatic heterocycles. The van der Waals surface area contributed by atoms with Crippen molar-refractivity contribution in [3.63, 3.8) is 0 Å². The van der Waals surface area contributed by atoms with E-state index in [2.05, 4.69) is 4.90 Å². The molecular weight excluding hydrogens is 338 g/mol. The fraction of sp³-hybridized carbons (Fsp3) is 0.263. The average Bonchev–Trinajstić information content (AvgIpc) is 3.37. The molecule has 3 aromatic rings. The van der Waals surface area contributed by atoms with Crippen molar-refractivity contribution in [2.24, 2.45) is 0 Å². The van der Waals surface area contributed by atoms with E-state index in [4.69, 9.17) is 8.83 Å². The van der Waals surface area contributed by atoms with E-state index in [0.717, 1.165) is 29.0 Å². The molecule has 0 saturated carbocycles. The van der Waals surface area contributed by atoms with Crippen LogP contribution in [0.3, 0.4) is 0 Å². The van der Waals surface area contributed by atoms with E-state index in [9.17, 15) is 8.42 Å². The summed E-state index contributed by atoms with van der Waals surface area (Å²) in [6.45, 7) is 1.92. The molecule has 1 fully saturated rings. The van der Waals surface area contributed by atoms with Gasteiger partial charge in [0, 0.05) is 24.6 Å². The maximum atomic E-state index is 12.9. The van der Waals surface area contributed by atoms with E-state index in [1.54, 1.807) is 24.9 Å². The molecule has 0 bridgehead atoms. The number of furan rings is 2. The third kappa shape index (κ3) is 2.28. The predicted octanol–water partition coefficient (Wildman–Crippen LogP) is 3.29. The molecule has 2 aromatic heterocycles. The van der Waals surface area contributed by atoms with Crippen LogP contribution in [0.2, 0.25) is 0 Å². The number of nitrogens with zero attached hydrogens (tertiary/aromatic N) is 1. The van der Waals surface area contributed by atoms with Gasteiger partial charge in [0.1, 0.15) is 5.76 Å². The minimum atomic E-state index is -3.28. The van der Waals surface area contributed by atoms with E-state index in [-0.39, 0.29) is 11.2 Å². The Kier molecular flexibility index (Phi) is 3.20. The number of fused-ring (bicyclic) bond motifs is 3. The summed E-state index contributed by atoms with van der Waals surface area (Å²) in [6.07, 6.45) is 4.96. The Morgan fingerprint density at radius 1 is 1.08 bits per heavy atom. The van der Waals surface area contributed by atoms with Crippen LogP contribution in [0, 0.1) is 0 Å². The van der Waals surface area contributed by atoms with Crippen molar-refractivity contribution in [1.29, 1.82) is 0 Å². The van der Waals surface area contributed by atoms with Crippen LogP contribution in [0.15, 0.2) is 68.9 Å². The third-order valence-electron chi connectivity index (χ3n) is 5.27. The highest BCUT2D eigenvalue weighted by Crippen LogP contribution is 2.46. The number of rotatable bonds is 3. The van der Waals surface area contributed by atoms with Gasteiger partial charge in [-0.15, -0.1) is 0 Å². The van der Waals surface area contributed by atoms with E-state index in [1.165, 1.54) is 0 Å². The highest BCUT2D eigenvalue weighted by atomic mass is 32.2. The van der Waals surface area contributed by atoms with Crippen LogP contribution < -0.4 is 0 Å². The molecule has 0 spiro atoms. The topological polar surface area (TPSA) is 63.7 Å². The molecule has 25 heavy (non-hydrogen) atoms. The van der Waals surface area contributed by atoms with E-state index in [0.29, 0.717) is 18.0 Å². The van der Waals surface area contributed by atoms with Crippen molar-refractivity contribution < 1.29 is 17.3 Å². The largest absolute Gasteiger partial charge is 0.472 e. The summed E-state index contributed by atoms with van der Waals surface area (Å²) >= 11 is 0. The lowest BCUT2D eigenvalue weighted by atomic mass is 9.95. The zero-order chi connectivity index (χ0) is 17.0. The Morgan fingerprint density at radius 2 is 2.00 bits per heavy atom. The van der Waals surface area contributed by atoms with Crippen molar-refractivity contribution in [2.45, 2.75) is 22.6 Å². The lowest BCUT2D eigenvalue weighted by Gasteiger charge is -2.16. The van der Waals surface area contributed by atoms with Crippen molar-refractivity contribution in [3.8, 4) is 11.1 Å². The number of hydrogen-bond donors (Lipinski definition) is 0. The van der Waals surface area contributed by atoms with Gasteiger partial charge in [-0.2, -0.15) is 0 Å². The van der Waals surface area contributed by atoms with Gasteiger partial charge < -0.3 is 8.83 Å². The zero-order valence-corrected chi connectivity index (χ0v) is 14.3. The van der Waals surface area contributed by atoms with Crippen LogP contribution in [0.1, 0.15) is 17.2 Å². The Balaban J connectivity index is 1.51. The summed E-state index contributed by atoms with van der Waals surface area (Å²) in [7, 11) is -3.28. The Bertz CT molecular complexity index is 1010. The fourth-order valence-electron chi connectivity index (χ4n) is 4.09. The highest BCUT2D eigenvalue weighted by Gasteiger charge is 2.50. The molecule has 6 heteroatoms. The van der Waals surface area contributed by atoms with Crippen LogP contribution >= 0.6 is 0 Å².